The van der Waals surface area contributed by atoms with Gasteiger partial charge < -0.3 is 9.67 Å². The first-order valence-electron chi connectivity index (χ1n) is 5.04. The topological polar surface area (TPSA) is 38.0 Å². The van der Waals surface area contributed by atoms with Crippen molar-refractivity contribution >= 4 is 11.6 Å². The Morgan fingerprint density at radius 2 is 2.06 bits per heavy atom. The van der Waals surface area contributed by atoms with E-state index in [0.717, 1.165) is 17.8 Å². The van der Waals surface area contributed by atoms with Gasteiger partial charge >= 0.3 is 0 Å². The van der Waals surface area contributed by atoms with Crippen molar-refractivity contribution < 1.29 is 5.11 Å². The molecule has 0 bridgehead atoms. The van der Waals surface area contributed by atoms with E-state index in [9.17, 15) is 0 Å². The van der Waals surface area contributed by atoms with Gasteiger partial charge in [-0.05, 0) is 11.1 Å². The average molecular weight is 237 g/mol. The van der Waals surface area contributed by atoms with Gasteiger partial charge in [-0.1, -0.05) is 35.9 Å². The molecule has 16 heavy (non-hydrogen) atoms. The van der Waals surface area contributed by atoms with Gasteiger partial charge in [0.15, 0.2) is 5.56 Å². The molecule has 1 unspecified atom stereocenters. The zero-order valence-electron chi connectivity index (χ0n) is 8.97. The Morgan fingerprint density at radius 1 is 1.38 bits per heavy atom. The van der Waals surface area contributed by atoms with E-state index in [1.807, 2.05) is 42.1 Å². The third kappa shape index (κ3) is 2.43. The van der Waals surface area contributed by atoms with Crippen molar-refractivity contribution in [3.63, 3.8) is 0 Å². The van der Waals surface area contributed by atoms with Crippen LogP contribution in [0.15, 0.2) is 36.7 Å². The molecule has 1 aromatic carbocycles. The molecule has 1 aromatic heterocycles. The maximum absolute atomic E-state index is 9.16. The van der Waals surface area contributed by atoms with Crippen molar-refractivity contribution in [2.75, 3.05) is 0 Å². The van der Waals surface area contributed by atoms with E-state index in [4.69, 9.17) is 16.7 Å². The molecule has 0 fully saturated rings. The third-order valence-electron chi connectivity index (χ3n) is 2.54. The van der Waals surface area contributed by atoms with Crippen LogP contribution >= 0.6 is 11.6 Å². The van der Waals surface area contributed by atoms with Crippen molar-refractivity contribution in [3.05, 3.63) is 53.6 Å². The Hall–Kier alpha value is -1.32. The van der Waals surface area contributed by atoms with Gasteiger partial charge in [-0.3, -0.25) is 0 Å². The van der Waals surface area contributed by atoms with Crippen LogP contribution in [0.2, 0.25) is 0 Å². The highest BCUT2D eigenvalue weighted by Gasteiger charge is 2.04. The van der Waals surface area contributed by atoms with Crippen molar-refractivity contribution in [3.8, 4) is 0 Å². The van der Waals surface area contributed by atoms with Gasteiger partial charge in [-0.25, -0.2) is 4.98 Å². The van der Waals surface area contributed by atoms with E-state index in [-0.39, 0.29) is 0 Å². The summed E-state index contributed by atoms with van der Waals surface area (Å²) in [6.07, 6.45) is 4.49. The summed E-state index contributed by atoms with van der Waals surface area (Å²) in [4.78, 5) is 4.26. The largest absolute Gasteiger partial charge is 0.373 e. The summed E-state index contributed by atoms with van der Waals surface area (Å²) in [7, 11) is 1.97. The first kappa shape index (κ1) is 11.2. The van der Waals surface area contributed by atoms with Crippen LogP contribution in [0.3, 0.4) is 0 Å². The quantitative estimate of drug-likeness (QED) is 0.830. The second kappa shape index (κ2) is 4.68. The SMILES string of the molecule is Cn1ccnc1Cc1ccc(C(O)Cl)cc1. The molecular formula is C12H13ClN2O. The van der Waals surface area contributed by atoms with Crippen LogP contribution in [0.25, 0.3) is 0 Å². The predicted molar refractivity (Wildman–Crippen MR) is 63.3 cm³/mol. The lowest BCUT2D eigenvalue weighted by Gasteiger charge is -2.05. The fraction of sp³-hybridized carbons (Fsp3) is 0.250. The van der Waals surface area contributed by atoms with E-state index >= 15 is 0 Å². The fourth-order valence-electron chi connectivity index (χ4n) is 1.54. The zero-order valence-corrected chi connectivity index (χ0v) is 9.72. The van der Waals surface area contributed by atoms with Crippen LogP contribution in [0.4, 0.5) is 0 Å². The normalized spacial score (nSPS) is 12.7. The van der Waals surface area contributed by atoms with Gasteiger partial charge in [-0.2, -0.15) is 0 Å². The minimum absolute atomic E-state index is 0.713. The van der Waals surface area contributed by atoms with Crippen molar-refractivity contribution in [1.82, 2.24) is 9.55 Å². The van der Waals surface area contributed by atoms with E-state index in [1.165, 1.54) is 0 Å². The molecule has 84 valence electrons. The van der Waals surface area contributed by atoms with Crippen LogP contribution in [0.1, 0.15) is 22.5 Å². The lowest BCUT2D eigenvalue weighted by molar-refractivity contribution is 0.263. The molecule has 0 aliphatic rings. The summed E-state index contributed by atoms with van der Waals surface area (Å²) in [5.74, 6) is 1.01. The molecule has 0 radical (unpaired) electrons. The van der Waals surface area contributed by atoms with Crippen LogP contribution in [-0.4, -0.2) is 14.7 Å². The average Bonchev–Trinajstić information content (AvgIpc) is 2.65. The summed E-state index contributed by atoms with van der Waals surface area (Å²) < 4.78 is 1.99. The number of aryl methyl sites for hydroxylation is 1. The number of aliphatic hydroxyl groups is 1. The van der Waals surface area contributed by atoms with E-state index in [0.29, 0.717) is 5.56 Å². The van der Waals surface area contributed by atoms with E-state index < -0.39 is 5.56 Å². The monoisotopic (exact) mass is 236 g/mol. The van der Waals surface area contributed by atoms with Crippen molar-refractivity contribution in [2.45, 2.75) is 12.0 Å². The van der Waals surface area contributed by atoms with Gasteiger partial charge in [-0.15, -0.1) is 0 Å². The lowest BCUT2D eigenvalue weighted by Crippen LogP contribution is -1.98. The Bertz CT molecular complexity index is 462. The second-order valence-corrected chi connectivity index (χ2v) is 4.12. The number of benzene rings is 1. The Labute approximate surface area is 99.3 Å². The summed E-state index contributed by atoms with van der Waals surface area (Å²) in [6.45, 7) is 0. The van der Waals surface area contributed by atoms with Gasteiger partial charge in [0.25, 0.3) is 0 Å². The fourth-order valence-corrected chi connectivity index (χ4v) is 1.69. The van der Waals surface area contributed by atoms with Gasteiger partial charge in [0.1, 0.15) is 5.82 Å². The Kier molecular flexibility index (Phi) is 3.27. The number of alkyl halides is 1. The molecule has 2 rings (SSSR count). The van der Waals surface area contributed by atoms with Crippen molar-refractivity contribution in [2.24, 2.45) is 7.05 Å². The van der Waals surface area contributed by atoms with Crippen molar-refractivity contribution in [1.29, 1.82) is 0 Å². The molecule has 1 heterocycles. The van der Waals surface area contributed by atoms with Gasteiger partial charge in [0.05, 0.1) is 0 Å². The molecule has 1 N–H and O–H groups in total. The number of halogens is 1. The molecular weight excluding hydrogens is 224 g/mol. The standard InChI is InChI=1S/C12H13ClN2O/c1-15-7-6-14-11(15)8-9-2-4-10(5-3-9)12(13)16/h2-7,12,16H,8H2,1H3. The number of hydrogen-bond acceptors (Lipinski definition) is 2. The Morgan fingerprint density at radius 3 is 2.56 bits per heavy atom. The van der Waals surface area contributed by atoms with E-state index in [2.05, 4.69) is 4.98 Å². The lowest BCUT2D eigenvalue weighted by atomic mass is 10.1. The summed E-state index contributed by atoms with van der Waals surface area (Å²) >= 11 is 5.56. The minimum atomic E-state index is -0.929. The number of nitrogens with zero attached hydrogens (tertiary/aromatic N) is 2. The molecule has 4 heteroatoms. The van der Waals surface area contributed by atoms with Gasteiger partial charge in [0, 0.05) is 25.9 Å². The molecule has 0 amide bonds. The molecule has 1 atom stereocenters. The molecule has 0 saturated heterocycles. The molecule has 2 aromatic rings. The number of hydrogen-bond donors (Lipinski definition) is 1. The third-order valence-corrected chi connectivity index (χ3v) is 2.79. The predicted octanol–water partition coefficient (Wildman–Crippen LogP) is 2.24. The number of aromatic nitrogens is 2. The van der Waals surface area contributed by atoms with Crippen LogP contribution in [-0.2, 0) is 13.5 Å². The first-order chi connectivity index (χ1) is 7.66. The smallest absolute Gasteiger partial charge is 0.153 e. The molecule has 0 aliphatic heterocycles. The molecule has 0 spiro atoms. The number of rotatable bonds is 3. The minimum Gasteiger partial charge on any atom is -0.373 e. The van der Waals surface area contributed by atoms with Crippen LogP contribution in [0, 0.1) is 0 Å². The highest BCUT2D eigenvalue weighted by Crippen LogP contribution is 2.18. The summed E-state index contributed by atoms with van der Waals surface area (Å²) in [5.41, 5.74) is 0.933. The molecule has 3 nitrogen and oxygen atoms in total. The summed E-state index contributed by atoms with van der Waals surface area (Å²) in [6, 6.07) is 7.57. The first-order valence-corrected chi connectivity index (χ1v) is 5.47. The highest BCUT2D eigenvalue weighted by molar-refractivity contribution is 6.19. The van der Waals surface area contributed by atoms with Crippen LogP contribution < -0.4 is 0 Å². The highest BCUT2D eigenvalue weighted by atomic mass is 35.5. The molecule has 0 aliphatic carbocycles. The molecule has 0 saturated carbocycles. The maximum atomic E-state index is 9.16. The summed E-state index contributed by atoms with van der Waals surface area (Å²) in [5, 5.41) is 9.16. The number of imidazole rings is 1. The number of aliphatic hydroxyl groups excluding tert-OH is 1. The van der Waals surface area contributed by atoms with E-state index in [1.54, 1.807) is 6.20 Å². The maximum Gasteiger partial charge on any atom is 0.153 e. The second-order valence-electron chi connectivity index (χ2n) is 3.71. The zero-order chi connectivity index (χ0) is 11.5. The van der Waals surface area contributed by atoms with Gasteiger partial charge in [0.2, 0.25) is 0 Å². The van der Waals surface area contributed by atoms with Crippen LogP contribution in [0.5, 0.6) is 0 Å². The Balaban J connectivity index is 2.14.